The molecule has 0 spiro atoms. The Balaban J connectivity index is 2.20. The van der Waals surface area contributed by atoms with Crippen LogP contribution in [0.15, 0.2) is 0 Å². The van der Waals surface area contributed by atoms with Crippen molar-refractivity contribution in [3.63, 3.8) is 0 Å². The van der Waals surface area contributed by atoms with E-state index in [0.717, 1.165) is 0 Å². The van der Waals surface area contributed by atoms with Crippen LogP contribution in [0.25, 0.3) is 0 Å². The Morgan fingerprint density at radius 3 is 2.33 bits per heavy atom. The van der Waals surface area contributed by atoms with E-state index in [0.29, 0.717) is 13.0 Å². The van der Waals surface area contributed by atoms with Crippen LogP contribution in [0.3, 0.4) is 0 Å². The number of nitrogens with one attached hydrogen (secondary N) is 1. The molecule has 0 amide bonds. The molecule has 0 radical (unpaired) electrons. The maximum absolute atomic E-state index is 9.98. The summed E-state index contributed by atoms with van der Waals surface area (Å²) < 4.78 is 0. The lowest BCUT2D eigenvalue weighted by Crippen LogP contribution is -3.18. The molecule has 0 aromatic rings. The minimum Gasteiger partial charge on any atom is -0.632 e. The van der Waals surface area contributed by atoms with Crippen LogP contribution in [0.2, 0.25) is 0 Å². The maximum atomic E-state index is 9.98. The molecule has 2 unspecified atom stereocenters. The summed E-state index contributed by atoms with van der Waals surface area (Å²) in [4.78, 5) is 0. The number of hydrogen-bond donors (Lipinski definition) is 2. The number of hydroxylamine groups is 2. The second kappa shape index (κ2) is 1.18. The molecule has 1 saturated heterocycles. The van der Waals surface area contributed by atoms with Crippen molar-refractivity contribution in [1.29, 1.82) is 0 Å². The van der Waals surface area contributed by atoms with Crippen molar-refractivity contribution >= 4 is 0 Å². The molecule has 2 atom stereocenters. The van der Waals surface area contributed by atoms with Crippen LogP contribution >= 0.6 is 0 Å². The van der Waals surface area contributed by atoms with Crippen molar-refractivity contribution in [2.24, 2.45) is 0 Å². The van der Waals surface area contributed by atoms with E-state index in [1.807, 2.05) is 0 Å². The van der Waals surface area contributed by atoms with Gasteiger partial charge in [0.2, 0.25) is 0 Å². The van der Waals surface area contributed by atoms with Crippen molar-refractivity contribution < 1.29 is 10.2 Å². The summed E-state index contributed by atoms with van der Waals surface area (Å²) in [6.45, 7) is 0.584. The highest BCUT2D eigenvalue weighted by molar-refractivity contribution is 4.47. The lowest BCUT2D eigenvalue weighted by molar-refractivity contribution is -0.945. The SMILES string of the molecule is [O-][NH+]1CCC1O. The normalized spacial score (nSPS) is 45.0. The molecule has 3 nitrogen and oxygen atoms in total. The molecule has 0 aromatic carbocycles. The predicted molar refractivity (Wildman–Crippen MR) is 19.8 cm³/mol. The van der Waals surface area contributed by atoms with E-state index in [1.165, 1.54) is 0 Å². The zero-order chi connectivity index (χ0) is 4.57. The van der Waals surface area contributed by atoms with Crippen LogP contribution < -0.4 is 5.06 Å². The predicted octanol–water partition coefficient (Wildman–Crippen LogP) is -1.91. The molecule has 1 aliphatic heterocycles. The van der Waals surface area contributed by atoms with E-state index >= 15 is 0 Å². The van der Waals surface area contributed by atoms with Gasteiger partial charge in [-0.15, -0.1) is 0 Å². The fourth-order valence-corrected chi connectivity index (χ4v) is 0.391. The average Bonchev–Trinajstić information content (AvgIpc) is 1.61. The fraction of sp³-hybridized carbons (Fsp3) is 1.00. The molecule has 0 saturated carbocycles. The third-order valence-corrected chi connectivity index (χ3v) is 1.04. The minimum atomic E-state index is -0.606. The summed E-state index contributed by atoms with van der Waals surface area (Å²) >= 11 is 0. The Morgan fingerprint density at radius 1 is 1.83 bits per heavy atom. The molecule has 2 N–H and O–H groups in total. The van der Waals surface area contributed by atoms with Gasteiger partial charge >= 0.3 is 0 Å². The standard InChI is InChI=1S/C3H7NO2/c5-3-1-2-4(3)6/h3-5H,1-2H2. The topological polar surface area (TPSA) is 47.7 Å². The molecular weight excluding hydrogens is 82.0 g/mol. The Labute approximate surface area is 35.8 Å². The zero-order valence-corrected chi connectivity index (χ0v) is 3.35. The summed E-state index contributed by atoms with van der Waals surface area (Å²) in [5.74, 6) is 0. The quantitative estimate of drug-likeness (QED) is 0.340. The Bertz CT molecular complexity index is 48.8. The summed E-state index contributed by atoms with van der Waals surface area (Å²) in [6, 6.07) is 0. The first-order valence-electron chi connectivity index (χ1n) is 2.01. The van der Waals surface area contributed by atoms with Gasteiger partial charge in [0.1, 0.15) is 0 Å². The van der Waals surface area contributed by atoms with Crippen molar-refractivity contribution in [2.45, 2.75) is 12.6 Å². The van der Waals surface area contributed by atoms with Gasteiger partial charge in [-0.3, -0.25) is 0 Å². The maximum Gasteiger partial charge on any atom is 0.194 e. The summed E-state index contributed by atoms with van der Waals surface area (Å²) in [5.41, 5.74) is 0. The molecule has 1 fully saturated rings. The van der Waals surface area contributed by atoms with Crippen LogP contribution in [0.1, 0.15) is 6.42 Å². The molecule has 0 aliphatic carbocycles. The van der Waals surface area contributed by atoms with E-state index in [4.69, 9.17) is 5.11 Å². The van der Waals surface area contributed by atoms with Gasteiger partial charge < -0.3 is 15.4 Å². The molecule has 0 aromatic heterocycles. The highest BCUT2D eigenvalue weighted by atomic mass is 16.5. The Kier molecular flexibility index (Phi) is 0.799. The van der Waals surface area contributed by atoms with Gasteiger partial charge in [-0.1, -0.05) is 0 Å². The molecule has 3 heteroatoms. The monoisotopic (exact) mass is 89.0 g/mol. The molecule has 1 rings (SSSR count). The first kappa shape index (κ1) is 4.05. The lowest BCUT2D eigenvalue weighted by atomic mass is 10.2. The first-order chi connectivity index (χ1) is 2.80. The van der Waals surface area contributed by atoms with Gasteiger partial charge in [0.25, 0.3) is 0 Å². The fourth-order valence-electron chi connectivity index (χ4n) is 0.391. The van der Waals surface area contributed by atoms with Crippen molar-refractivity contribution in [3.8, 4) is 0 Å². The average molecular weight is 89.1 g/mol. The van der Waals surface area contributed by atoms with E-state index in [2.05, 4.69) is 0 Å². The molecule has 0 bridgehead atoms. The summed E-state index contributed by atoms with van der Waals surface area (Å²) in [6.07, 6.45) is 0.0729. The van der Waals surface area contributed by atoms with E-state index < -0.39 is 6.23 Å². The van der Waals surface area contributed by atoms with Crippen molar-refractivity contribution in [3.05, 3.63) is 5.21 Å². The second-order valence-electron chi connectivity index (χ2n) is 1.52. The van der Waals surface area contributed by atoms with Crippen LogP contribution in [0.4, 0.5) is 0 Å². The molecule has 1 heterocycles. The Hall–Kier alpha value is -0.120. The molecule has 1 aliphatic rings. The van der Waals surface area contributed by atoms with Crippen molar-refractivity contribution in [2.75, 3.05) is 6.54 Å². The van der Waals surface area contributed by atoms with E-state index in [-0.39, 0.29) is 5.06 Å². The number of rotatable bonds is 0. The van der Waals surface area contributed by atoms with Gasteiger partial charge in [-0.2, -0.15) is 0 Å². The highest BCUT2D eigenvalue weighted by Crippen LogP contribution is 1.85. The van der Waals surface area contributed by atoms with Crippen molar-refractivity contribution in [1.82, 2.24) is 0 Å². The van der Waals surface area contributed by atoms with Gasteiger partial charge in [-0.25, -0.2) is 0 Å². The largest absolute Gasteiger partial charge is 0.632 e. The molecular formula is C3H7NO2. The van der Waals surface area contributed by atoms with Crippen LogP contribution in [-0.2, 0) is 0 Å². The molecule has 36 valence electrons. The summed E-state index contributed by atoms with van der Waals surface area (Å²) in [5, 5.41) is 18.3. The van der Waals surface area contributed by atoms with Gasteiger partial charge in [0.05, 0.1) is 13.0 Å². The van der Waals surface area contributed by atoms with Gasteiger partial charge in [0.15, 0.2) is 6.23 Å². The van der Waals surface area contributed by atoms with Crippen LogP contribution in [-0.4, -0.2) is 17.9 Å². The minimum absolute atomic E-state index is 0.00463. The number of hydrogen-bond acceptors (Lipinski definition) is 2. The summed E-state index contributed by atoms with van der Waals surface area (Å²) in [7, 11) is 0. The number of aliphatic hydroxyl groups excluding tert-OH is 1. The third kappa shape index (κ3) is 0.408. The third-order valence-electron chi connectivity index (χ3n) is 1.04. The first-order valence-corrected chi connectivity index (χ1v) is 2.01. The van der Waals surface area contributed by atoms with Gasteiger partial charge in [-0.05, 0) is 0 Å². The molecule has 6 heavy (non-hydrogen) atoms. The number of quaternary nitrogens is 1. The van der Waals surface area contributed by atoms with Crippen LogP contribution in [0, 0.1) is 5.21 Å². The van der Waals surface area contributed by atoms with E-state index in [9.17, 15) is 5.21 Å². The Morgan fingerprint density at radius 2 is 2.33 bits per heavy atom. The lowest BCUT2D eigenvalue weighted by Gasteiger charge is -2.35. The van der Waals surface area contributed by atoms with Crippen LogP contribution in [0.5, 0.6) is 0 Å². The van der Waals surface area contributed by atoms with Gasteiger partial charge in [0, 0.05) is 0 Å². The smallest absolute Gasteiger partial charge is 0.194 e. The van der Waals surface area contributed by atoms with E-state index in [1.54, 1.807) is 0 Å². The second-order valence-corrected chi connectivity index (χ2v) is 1.52. The number of aliphatic hydroxyl groups is 1. The highest BCUT2D eigenvalue weighted by Gasteiger charge is 2.21. The zero-order valence-electron chi connectivity index (χ0n) is 3.35.